The van der Waals surface area contributed by atoms with Crippen LogP contribution in [0.5, 0.6) is 0 Å². The van der Waals surface area contributed by atoms with Crippen LogP contribution in [0.15, 0.2) is 24.3 Å². The number of benzene rings is 1. The number of carbonyl (C=O) groups excluding carboxylic acids is 1. The molecule has 2 rings (SSSR count). The first-order chi connectivity index (χ1) is 10.4. The van der Waals surface area contributed by atoms with Gasteiger partial charge in [-0.2, -0.15) is 0 Å². The predicted octanol–water partition coefficient (Wildman–Crippen LogP) is 1.85. The summed E-state index contributed by atoms with van der Waals surface area (Å²) in [6, 6.07) is 5.89. The van der Waals surface area contributed by atoms with Crippen LogP contribution in [0.4, 0.5) is 4.39 Å². The van der Waals surface area contributed by atoms with E-state index >= 15 is 0 Å². The van der Waals surface area contributed by atoms with Gasteiger partial charge in [-0.3, -0.25) is 4.79 Å². The summed E-state index contributed by atoms with van der Waals surface area (Å²) in [6.45, 7) is 1.79. The SMILES string of the molecule is C[C@H](C(=O)OCc1ccccc1F)S(=O)(=O)C1CCOCC1. The molecule has 0 aromatic heterocycles. The van der Waals surface area contributed by atoms with Gasteiger partial charge in [-0.25, -0.2) is 12.8 Å². The molecule has 1 aromatic rings. The number of ether oxygens (including phenoxy) is 2. The average molecular weight is 330 g/mol. The van der Waals surface area contributed by atoms with Gasteiger partial charge in [0, 0.05) is 18.8 Å². The van der Waals surface area contributed by atoms with E-state index < -0.39 is 32.1 Å². The highest BCUT2D eigenvalue weighted by molar-refractivity contribution is 7.93. The molecule has 1 heterocycles. The van der Waals surface area contributed by atoms with Crippen LogP contribution in [0.3, 0.4) is 0 Å². The molecule has 122 valence electrons. The van der Waals surface area contributed by atoms with Crippen LogP contribution in [0.1, 0.15) is 25.3 Å². The summed E-state index contributed by atoms with van der Waals surface area (Å²) in [6.07, 6.45) is 0.764. The molecule has 1 saturated heterocycles. The summed E-state index contributed by atoms with van der Waals surface area (Å²) < 4.78 is 48.3. The average Bonchev–Trinajstić information content (AvgIpc) is 2.54. The van der Waals surface area contributed by atoms with Gasteiger partial charge in [-0.1, -0.05) is 18.2 Å². The molecule has 0 radical (unpaired) electrons. The molecule has 1 atom stereocenters. The molecule has 0 aliphatic carbocycles. The zero-order valence-electron chi connectivity index (χ0n) is 12.3. The number of halogens is 1. The van der Waals surface area contributed by atoms with Crippen LogP contribution < -0.4 is 0 Å². The first-order valence-corrected chi connectivity index (χ1v) is 8.74. The fraction of sp³-hybridized carbons (Fsp3) is 0.533. The number of hydrogen-bond donors (Lipinski definition) is 0. The molecule has 0 saturated carbocycles. The fourth-order valence-corrected chi connectivity index (χ4v) is 4.07. The molecule has 5 nitrogen and oxygen atoms in total. The van der Waals surface area contributed by atoms with Crippen molar-refractivity contribution in [2.24, 2.45) is 0 Å². The van der Waals surface area contributed by atoms with Gasteiger partial charge in [-0.15, -0.1) is 0 Å². The largest absolute Gasteiger partial charge is 0.460 e. The van der Waals surface area contributed by atoms with Gasteiger partial charge in [0.25, 0.3) is 0 Å². The van der Waals surface area contributed by atoms with Crippen molar-refractivity contribution in [2.75, 3.05) is 13.2 Å². The van der Waals surface area contributed by atoms with E-state index in [2.05, 4.69) is 0 Å². The third kappa shape index (κ3) is 3.84. The maximum Gasteiger partial charge on any atom is 0.324 e. The van der Waals surface area contributed by atoms with E-state index in [4.69, 9.17) is 9.47 Å². The molecule has 22 heavy (non-hydrogen) atoms. The molecule has 1 aliphatic heterocycles. The van der Waals surface area contributed by atoms with E-state index in [1.54, 1.807) is 6.07 Å². The molecule has 0 spiro atoms. The molecule has 1 aliphatic rings. The highest BCUT2D eigenvalue weighted by atomic mass is 32.2. The number of sulfone groups is 1. The Morgan fingerprint density at radius 2 is 2.00 bits per heavy atom. The Balaban J connectivity index is 1.98. The van der Waals surface area contributed by atoms with Crippen molar-refractivity contribution in [1.82, 2.24) is 0 Å². The summed E-state index contributed by atoms with van der Waals surface area (Å²) in [5, 5.41) is -1.85. The van der Waals surface area contributed by atoms with Crippen LogP contribution in [0.2, 0.25) is 0 Å². The van der Waals surface area contributed by atoms with Crippen molar-refractivity contribution >= 4 is 15.8 Å². The van der Waals surface area contributed by atoms with E-state index in [1.165, 1.54) is 25.1 Å². The van der Waals surface area contributed by atoms with Gasteiger partial charge in [0.05, 0.1) is 5.25 Å². The Kier molecular flexibility index (Phi) is 5.52. The van der Waals surface area contributed by atoms with E-state index in [-0.39, 0.29) is 12.2 Å². The molecular formula is C15H19FO5S. The minimum Gasteiger partial charge on any atom is -0.460 e. The molecule has 0 unspecified atom stereocenters. The van der Waals surface area contributed by atoms with Crippen LogP contribution in [-0.4, -0.2) is 38.1 Å². The van der Waals surface area contributed by atoms with Crippen molar-refractivity contribution in [3.05, 3.63) is 35.6 Å². The standard InChI is InChI=1S/C15H19FO5S/c1-11(22(18,19)13-6-8-20-9-7-13)15(17)21-10-12-4-2-3-5-14(12)16/h2-5,11,13H,6-10H2,1H3/t11-/m1/s1. The van der Waals surface area contributed by atoms with E-state index in [1.807, 2.05) is 0 Å². The Labute approximate surface area is 129 Å². The lowest BCUT2D eigenvalue weighted by Gasteiger charge is -2.24. The monoisotopic (exact) mass is 330 g/mol. The minimum atomic E-state index is -3.62. The molecule has 0 N–H and O–H groups in total. The van der Waals surface area contributed by atoms with Gasteiger partial charge in [-0.05, 0) is 25.8 Å². The van der Waals surface area contributed by atoms with E-state index in [0.29, 0.717) is 26.1 Å². The van der Waals surface area contributed by atoms with Gasteiger partial charge >= 0.3 is 5.97 Å². The topological polar surface area (TPSA) is 69.7 Å². The second-order valence-electron chi connectivity index (χ2n) is 5.24. The van der Waals surface area contributed by atoms with Gasteiger partial charge in [0.15, 0.2) is 15.1 Å². The first-order valence-electron chi connectivity index (χ1n) is 7.13. The van der Waals surface area contributed by atoms with Crippen LogP contribution in [0.25, 0.3) is 0 Å². The van der Waals surface area contributed by atoms with Gasteiger partial charge in [0.1, 0.15) is 12.4 Å². The molecule has 1 fully saturated rings. The third-order valence-corrected chi connectivity index (χ3v) is 6.36. The Bertz CT molecular complexity index is 623. The molecular weight excluding hydrogens is 311 g/mol. The summed E-state index contributed by atoms with van der Waals surface area (Å²) >= 11 is 0. The normalized spacial score (nSPS) is 17.9. The maximum atomic E-state index is 13.4. The van der Waals surface area contributed by atoms with Crippen LogP contribution >= 0.6 is 0 Å². The van der Waals surface area contributed by atoms with Gasteiger partial charge in [0.2, 0.25) is 0 Å². The van der Waals surface area contributed by atoms with E-state index in [9.17, 15) is 17.6 Å². The van der Waals surface area contributed by atoms with Gasteiger partial charge < -0.3 is 9.47 Å². The van der Waals surface area contributed by atoms with Crippen LogP contribution in [0, 0.1) is 5.82 Å². The highest BCUT2D eigenvalue weighted by Gasteiger charge is 2.37. The maximum absolute atomic E-state index is 13.4. The lowest BCUT2D eigenvalue weighted by atomic mass is 10.2. The zero-order valence-corrected chi connectivity index (χ0v) is 13.1. The molecule has 0 amide bonds. The number of rotatable bonds is 5. The van der Waals surface area contributed by atoms with E-state index in [0.717, 1.165) is 0 Å². The van der Waals surface area contributed by atoms with Crippen molar-refractivity contribution in [3.63, 3.8) is 0 Å². The van der Waals surface area contributed by atoms with Crippen molar-refractivity contribution < 1.29 is 27.1 Å². The first kappa shape index (κ1) is 16.9. The number of esters is 1. The Hall–Kier alpha value is -1.47. The molecule has 0 bridgehead atoms. The summed E-state index contributed by atoms with van der Waals surface area (Å²) in [4.78, 5) is 12.0. The van der Waals surface area contributed by atoms with Crippen LogP contribution in [-0.2, 0) is 30.7 Å². The summed E-state index contributed by atoms with van der Waals surface area (Å²) in [5.74, 6) is -1.34. The minimum absolute atomic E-state index is 0.214. The fourth-order valence-electron chi connectivity index (χ4n) is 2.31. The summed E-state index contributed by atoms with van der Waals surface area (Å²) in [7, 11) is -3.62. The third-order valence-electron chi connectivity index (χ3n) is 3.79. The highest BCUT2D eigenvalue weighted by Crippen LogP contribution is 2.21. The summed E-state index contributed by atoms with van der Waals surface area (Å²) in [5.41, 5.74) is 0.214. The second kappa shape index (κ2) is 7.19. The molecule has 7 heteroatoms. The van der Waals surface area contributed by atoms with Crippen molar-refractivity contribution in [3.8, 4) is 0 Å². The lowest BCUT2D eigenvalue weighted by Crippen LogP contribution is -2.39. The predicted molar refractivity (Wildman–Crippen MR) is 78.4 cm³/mol. The lowest BCUT2D eigenvalue weighted by molar-refractivity contribution is -0.144. The zero-order chi connectivity index (χ0) is 16.2. The second-order valence-corrected chi connectivity index (χ2v) is 7.79. The Morgan fingerprint density at radius 3 is 2.64 bits per heavy atom. The Morgan fingerprint density at radius 1 is 1.36 bits per heavy atom. The van der Waals surface area contributed by atoms with Crippen molar-refractivity contribution in [1.29, 1.82) is 0 Å². The number of hydrogen-bond acceptors (Lipinski definition) is 5. The smallest absolute Gasteiger partial charge is 0.324 e. The molecule has 1 aromatic carbocycles. The quantitative estimate of drug-likeness (QED) is 0.771. The van der Waals surface area contributed by atoms with Crippen molar-refractivity contribution in [2.45, 2.75) is 36.9 Å². The number of carbonyl (C=O) groups is 1.